The number of anilines is 1. The highest BCUT2D eigenvalue weighted by molar-refractivity contribution is 7.92. The third kappa shape index (κ3) is 6.45. The quantitative estimate of drug-likeness (QED) is 0.317. The van der Waals surface area contributed by atoms with E-state index in [1.807, 2.05) is 6.92 Å². The average Bonchev–Trinajstić information content (AvgIpc) is 2.84. The van der Waals surface area contributed by atoms with Crippen molar-refractivity contribution in [3.05, 3.63) is 81.8 Å². The Kier molecular flexibility index (Phi) is 8.61. The first-order chi connectivity index (χ1) is 16.6. The van der Waals surface area contributed by atoms with Gasteiger partial charge in [0.1, 0.15) is 6.54 Å². The number of hydrogen-bond donors (Lipinski definition) is 1. The highest BCUT2D eigenvalue weighted by Crippen LogP contribution is 2.33. The van der Waals surface area contributed by atoms with Crippen LogP contribution in [0.1, 0.15) is 11.1 Å². The summed E-state index contributed by atoms with van der Waals surface area (Å²) in [6, 6.07) is 15.8. The molecular weight excluding hydrogens is 513 g/mol. The highest BCUT2D eigenvalue weighted by atomic mass is 35.5. The van der Waals surface area contributed by atoms with Crippen LogP contribution in [-0.4, -0.2) is 41.3 Å². The first-order valence-corrected chi connectivity index (χ1v) is 12.4. The third-order valence-corrected chi connectivity index (χ3v) is 7.42. The van der Waals surface area contributed by atoms with Crippen molar-refractivity contribution < 1.29 is 22.7 Å². The molecular formula is C24H23Cl2N3O5S. The number of hydrazone groups is 1. The van der Waals surface area contributed by atoms with Gasteiger partial charge in [-0.1, -0.05) is 47.0 Å². The van der Waals surface area contributed by atoms with Crippen molar-refractivity contribution in [3.8, 4) is 11.5 Å². The largest absolute Gasteiger partial charge is 0.493 e. The number of rotatable bonds is 9. The zero-order chi connectivity index (χ0) is 25.6. The topological polar surface area (TPSA) is 97.3 Å². The maximum Gasteiger partial charge on any atom is 0.264 e. The normalized spacial score (nSPS) is 11.3. The Balaban J connectivity index is 1.90. The summed E-state index contributed by atoms with van der Waals surface area (Å²) in [6.45, 7) is 1.31. The molecule has 0 aromatic heterocycles. The van der Waals surface area contributed by atoms with Gasteiger partial charge in [-0.05, 0) is 48.9 Å². The second kappa shape index (κ2) is 11.4. The number of nitrogens with zero attached hydrogens (tertiary/aromatic N) is 2. The number of methoxy groups -OCH3 is 2. The van der Waals surface area contributed by atoms with E-state index in [4.69, 9.17) is 32.7 Å². The molecule has 0 saturated heterocycles. The predicted octanol–water partition coefficient (Wildman–Crippen LogP) is 4.66. The van der Waals surface area contributed by atoms with Crippen LogP contribution in [0.15, 0.2) is 70.7 Å². The number of carbonyl (C=O) groups is 1. The SMILES string of the molecule is COc1ccc(N(CC(=O)N/N=C\c2ccc(Cl)c(Cl)c2)S(=O)(=O)c2ccc(C)cc2)cc1OC. The van der Waals surface area contributed by atoms with Crippen LogP contribution in [0.5, 0.6) is 11.5 Å². The Hall–Kier alpha value is -3.27. The van der Waals surface area contributed by atoms with E-state index in [1.165, 1.54) is 44.7 Å². The van der Waals surface area contributed by atoms with Gasteiger partial charge in [0.2, 0.25) is 0 Å². The lowest BCUT2D eigenvalue weighted by atomic mass is 10.2. The number of ether oxygens (including phenoxy) is 2. The van der Waals surface area contributed by atoms with Crippen LogP contribution in [0.25, 0.3) is 0 Å². The molecule has 0 atom stereocenters. The standard InChI is InChI=1S/C24H23Cl2N3O5S/c1-16-4-8-19(9-5-16)35(31,32)29(18-7-11-22(33-2)23(13-18)34-3)15-24(30)28-27-14-17-6-10-20(25)21(26)12-17/h4-14H,15H2,1-3H3,(H,28,30)/b27-14-. The van der Waals surface area contributed by atoms with Crippen LogP contribution in [0.4, 0.5) is 5.69 Å². The van der Waals surface area contributed by atoms with Crippen molar-refractivity contribution >= 4 is 51.0 Å². The minimum atomic E-state index is -4.11. The molecule has 0 fully saturated rings. The van der Waals surface area contributed by atoms with Crippen LogP contribution >= 0.6 is 23.2 Å². The fourth-order valence-electron chi connectivity index (χ4n) is 3.07. The summed E-state index contributed by atoms with van der Waals surface area (Å²) in [4.78, 5) is 12.7. The van der Waals surface area contributed by atoms with Gasteiger partial charge in [0.05, 0.1) is 41.1 Å². The summed E-state index contributed by atoms with van der Waals surface area (Å²) in [7, 11) is -1.20. The number of aryl methyl sites for hydroxylation is 1. The number of amides is 1. The van der Waals surface area contributed by atoms with Crippen molar-refractivity contribution in [2.45, 2.75) is 11.8 Å². The number of halogens is 2. The predicted molar refractivity (Wildman–Crippen MR) is 137 cm³/mol. The van der Waals surface area contributed by atoms with Gasteiger partial charge in [-0.15, -0.1) is 0 Å². The second-order valence-electron chi connectivity index (χ2n) is 7.33. The number of benzene rings is 3. The van der Waals surface area contributed by atoms with E-state index in [0.29, 0.717) is 27.1 Å². The van der Waals surface area contributed by atoms with Crippen molar-refractivity contribution in [3.63, 3.8) is 0 Å². The zero-order valence-corrected chi connectivity index (χ0v) is 21.5. The fourth-order valence-corrected chi connectivity index (χ4v) is 4.79. The maximum absolute atomic E-state index is 13.5. The van der Waals surface area contributed by atoms with Gasteiger partial charge in [0.25, 0.3) is 15.9 Å². The summed E-state index contributed by atoms with van der Waals surface area (Å²) in [5, 5.41) is 4.62. The van der Waals surface area contributed by atoms with Crippen LogP contribution in [0.3, 0.4) is 0 Å². The Morgan fingerprint density at radius 3 is 2.29 bits per heavy atom. The summed E-state index contributed by atoms with van der Waals surface area (Å²) in [6.07, 6.45) is 1.37. The summed E-state index contributed by atoms with van der Waals surface area (Å²) >= 11 is 11.9. The molecule has 0 bridgehead atoms. The first kappa shape index (κ1) is 26.3. The molecule has 1 N–H and O–H groups in total. The molecule has 0 radical (unpaired) electrons. The lowest BCUT2D eigenvalue weighted by molar-refractivity contribution is -0.119. The van der Waals surface area contributed by atoms with Crippen LogP contribution in [0.2, 0.25) is 10.0 Å². The van der Waals surface area contributed by atoms with E-state index in [0.717, 1.165) is 9.87 Å². The highest BCUT2D eigenvalue weighted by Gasteiger charge is 2.28. The monoisotopic (exact) mass is 535 g/mol. The summed E-state index contributed by atoms with van der Waals surface area (Å²) < 4.78 is 38.5. The van der Waals surface area contributed by atoms with Crippen molar-refractivity contribution in [2.75, 3.05) is 25.1 Å². The van der Waals surface area contributed by atoms with Crippen molar-refractivity contribution in [2.24, 2.45) is 5.10 Å². The van der Waals surface area contributed by atoms with Gasteiger partial charge in [-0.3, -0.25) is 9.10 Å². The van der Waals surface area contributed by atoms with E-state index < -0.39 is 22.5 Å². The van der Waals surface area contributed by atoms with Crippen molar-refractivity contribution in [1.82, 2.24) is 5.43 Å². The van der Waals surface area contributed by atoms with Gasteiger partial charge in [0.15, 0.2) is 11.5 Å². The lowest BCUT2D eigenvalue weighted by Crippen LogP contribution is -2.39. The van der Waals surface area contributed by atoms with Gasteiger partial charge < -0.3 is 9.47 Å². The Bertz CT molecular complexity index is 1350. The average molecular weight is 536 g/mol. The number of hydrogen-bond acceptors (Lipinski definition) is 6. The minimum absolute atomic E-state index is 0.0324. The Morgan fingerprint density at radius 2 is 1.66 bits per heavy atom. The molecule has 1 amide bonds. The van der Waals surface area contributed by atoms with E-state index in [9.17, 15) is 13.2 Å². The molecule has 35 heavy (non-hydrogen) atoms. The molecule has 0 saturated carbocycles. The zero-order valence-electron chi connectivity index (χ0n) is 19.2. The maximum atomic E-state index is 13.5. The molecule has 0 aliphatic carbocycles. The molecule has 0 unspecified atom stereocenters. The Labute approximate surface area is 214 Å². The molecule has 0 aliphatic rings. The molecule has 8 nitrogen and oxygen atoms in total. The third-order valence-electron chi connectivity index (χ3n) is 4.90. The summed E-state index contributed by atoms with van der Waals surface area (Å²) in [5.74, 6) is 0.0681. The van der Waals surface area contributed by atoms with Crippen LogP contribution in [0, 0.1) is 6.92 Å². The van der Waals surface area contributed by atoms with E-state index in [1.54, 1.807) is 36.4 Å². The van der Waals surface area contributed by atoms with Gasteiger partial charge in [0, 0.05) is 6.07 Å². The number of carbonyl (C=O) groups excluding carboxylic acids is 1. The first-order valence-electron chi connectivity index (χ1n) is 10.2. The van der Waals surface area contributed by atoms with E-state index in [-0.39, 0.29) is 10.6 Å². The summed E-state index contributed by atoms with van der Waals surface area (Å²) in [5.41, 5.74) is 4.06. The smallest absolute Gasteiger partial charge is 0.264 e. The molecule has 3 aromatic carbocycles. The molecule has 0 aliphatic heterocycles. The fraction of sp³-hybridized carbons (Fsp3) is 0.167. The van der Waals surface area contributed by atoms with Gasteiger partial charge in [-0.25, -0.2) is 13.8 Å². The van der Waals surface area contributed by atoms with E-state index >= 15 is 0 Å². The number of nitrogens with one attached hydrogen (secondary N) is 1. The molecule has 3 aromatic rings. The number of sulfonamides is 1. The second-order valence-corrected chi connectivity index (χ2v) is 10.0. The van der Waals surface area contributed by atoms with E-state index in [2.05, 4.69) is 10.5 Å². The molecule has 184 valence electrons. The van der Waals surface area contributed by atoms with Crippen molar-refractivity contribution in [1.29, 1.82) is 0 Å². The Morgan fingerprint density at radius 1 is 0.971 bits per heavy atom. The minimum Gasteiger partial charge on any atom is -0.493 e. The van der Waals surface area contributed by atoms with Crippen LogP contribution in [-0.2, 0) is 14.8 Å². The molecule has 3 rings (SSSR count). The van der Waals surface area contributed by atoms with Crippen LogP contribution < -0.4 is 19.2 Å². The molecule has 0 spiro atoms. The molecule has 0 heterocycles. The van der Waals surface area contributed by atoms with Gasteiger partial charge >= 0.3 is 0 Å². The lowest BCUT2D eigenvalue weighted by Gasteiger charge is -2.24. The van der Waals surface area contributed by atoms with Gasteiger partial charge in [-0.2, -0.15) is 5.10 Å². The molecule has 11 heteroatoms.